The first-order chi connectivity index (χ1) is 12.6. The molecule has 0 spiro atoms. The summed E-state index contributed by atoms with van der Waals surface area (Å²) in [6.07, 6.45) is 3.75. The third-order valence-corrected chi connectivity index (χ3v) is 4.79. The lowest BCUT2D eigenvalue weighted by atomic mass is 9.92. The Kier molecular flexibility index (Phi) is 6.10. The Bertz CT molecular complexity index is 855. The fourth-order valence-electron chi connectivity index (χ4n) is 3.17. The van der Waals surface area contributed by atoms with Crippen LogP contribution in [0.15, 0.2) is 54.6 Å². The van der Waals surface area contributed by atoms with Crippen molar-refractivity contribution in [1.29, 1.82) is 0 Å². The lowest BCUT2D eigenvalue weighted by Gasteiger charge is -2.17. The van der Waals surface area contributed by atoms with Crippen LogP contribution >= 0.6 is 11.6 Å². The number of nitrogens with zero attached hydrogens (tertiary/aromatic N) is 2. The van der Waals surface area contributed by atoms with E-state index in [2.05, 4.69) is 19.9 Å². The van der Waals surface area contributed by atoms with Crippen LogP contribution in [0.4, 0.5) is 4.39 Å². The van der Waals surface area contributed by atoms with Gasteiger partial charge in [0.2, 0.25) is 0 Å². The number of rotatable bonds is 7. The van der Waals surface area contributed by atoms with Gasteiger partial charge in [0, 0.05) is 10.9 Å². The monoisotopic (exact) mass is 369 g/mol. The molecule has 1 atom stereocenters. The fraction of sp³-hybridized carbons (Fsp3) is 0.273. The number of unbranched alkanes of at least 4 members (excludes halogenated alkanes) is 1. The second-order valence-corrected chi connectivity index (χ2v) is 6.89. The molecule has 4 heteroatoms. The molecule has 0 fully saturated rings. The first-order valence-corrected chi connectivity index (χ1v) is 9.39. The largest absolute Gasteiger partial charge is 0.237 e. The number of halogens is 2. The van der Waals surface area contributed by atoms with E-state index >= 15 is 0 Å². The summed E-state index contributed by atoms with van der Waals surface area (Å²) in [5.74, 6) is -0.256. The van der Waals surface area contributed by atoms with Crippen molar-refractivity contribution in [2.45, 2.75) is 38.5 Å². The highest BCUT2D eigenvalue weighted by atomic mass is 35.5. The Morgan fingerprint density at radius 1 is 1.15 bits per heavy atom. The predicted octanol–water partition coefficient (Wildman–Crippen LogP) is 6.36. The molecular formula is C22H23ClFN2. The molecule has 2 aromatic carbocycles. The van der Waals surface area contributed by atoms with Crippen molar-refractivity contribution >= 4 is 11.6 Å². The van der Waals surface area contributed by atoms with E-state index in [4.69, 9.17) is 16.7 Å². The maximum atomic E-state index is 13.8. The van der Waals surface area contributed by atoms with Crippen LogP contribution in [0.2, 0.25) is 5.02 Å². The van der Waals surface area contributed by atoms with Crippen molar-refractivity contribution in [3.8, 4) is 5.69 Å². The Morgan fingerprint density at radius 2 is 1.92 bits per heavy atom. The van der Waals surface area contributed by atoms with Gasteiger partial charge in [0.1, 0.15) is 5.82 Å². The molecule has 0 saturated carbocycles. The number of benzene rings is 2. The van der Waals surface area contributed by atoms with E-state index in [1.165, 1.54) is 6.07 Å². The van der Waals surface area contributed by atoms with Crippen molar-refractivity contribution < 1.29 is 4.39 Å². The van der Waals surface area contributed by atoms with Gasteiger partial charge >= 0.3 is 0 Å². The summed E-state index contributed by atoms with van der Waals surface area (Å²) in [6, 6.07) is 16.5. The van der Waals surface area contributed by atoms with Gasteiger partial charge in [-0.2, -0.15) is 5.10 Å². The molecule has 0 bridgehead atoms. The molecule has 0 aliphatic carbocycles. The predicted molar refractivity (Wildman–Crippen MR) is 105 cm³/mol. The SMILES string of the molecule is [CH2]CC(c1cccc(F)c1)c1cc(CCCC)nn1-c1ccc(Cl)cc1. The first-order valence-electron chi connectivity index (χ1n) is 9.02. The molecule has 0 saturated heterocycles. The molecule has 0 amide bonds. The standard InChI is InChI=1S/C22H23ClFN2/c1-3-5-9-19-15-22(21(4-2)16-7-6-8-18(24)14-16)26(25-19)20-12-10-17(23)11-13-20/h6-8,10-15,21H,2-5,9H2,1H3. The third kappa shape index (κ3) is 4.16. The Labute approximate surface area is 159 Å². The molecule has 0 N–H and O–H groups in total. The molecule has 26 heavy (non-hydrogen) atoms. The molecule has 1 unspecified atom stereocenters. The van der Waals surface area contributed by atoms with Crippen molar-refractivity contribution in [2.75, 3.05) is 0 Å². The van der Waals surface area contributed by atoms with Gasteiger partial charge in [-0.3, -0.25) is 0 Å². The van der Waals surface area contributed by atoms with E-state index in [1.54, 1.807) is 12.1 Å². The maximum Gasteiger partial charge on any atom is 0.123 e. The maximum absolute atomic E-state index is 13.8. The highest BCUT2D eigenvalue weighted by molar-refractivity contribution is 6.30. The zero-order valence-corrected chi connectivity index (χ0v) is 15.7. The summed E-state index contributed by atoms with van der Waals surface area (Å²) in [5, 5.41) is 5.50. The average Bonchev–Trinajstić information content (AvgIpc) is 3.05. The van der Waals surface area contributed by atoms with E-state index in [1.807, 2.05) is 35.0 Å². The van der Waals surface area contributed by atoms with Crippen LogP contribution in [-0.4, -0.2) is 9.78 Å². The quantitative estimate of drug-likeness (QED) is 0.473. The summed E-state index contributed by atoms with van der Waals surface area (Å²) in [6.45, 7) is 6.27. The second-order valence-electron chi connectivity index (χ2n) is 6.45. The van der Waals surface area contributed by atoms with E-state index in [-0.39, 0.29) is 11.7 Å². The smallest absolute Gasteiger partial charge is 0.123 e. The number of aromatic nitrogens is 2. The van der Waals surface area contributed by atoms with Gasteiger partial charge in [0.05, 0.1) is 17.1 Å². The van der Waals surface area contributed by atoms with Crippen molar-refractivity contribution in [1.82, 2.24) is 9.78 Å². The number of aryl methyl sites for hydroxylation is 1. The summed E-state index contributed by atoms with van der Waals surface area (Å²) in [4.78, 5) is 0. The molecule has 1 heterocycles. The van der Waals surface area contributed by atoms with Gasteiger partial charge in [0.25, 0.3) is 0 Å². The number of hydrogen-bond donors (Lipinski definition) is 0. The zero-order valence-electron chi connectivity index (χ0n) is 15.0. The Morgan fingerprint density at radius 3 is 2.58 bits per heavy atom. The van der Waals surface area contributed by atoms with Gasteiger partial charge < -0.3 is 0 Å². The van der Waals surface area contributed by atoms with Crippen LogP contribution in [0.5, 0.6) is 0 Å². The third-order valence-electron chi connectivity index (χ3n) is 4.54. The second kappa shape index (κ2) is 8.50. The van der Waals surface area contributed by atoms with Gasteiger partial charge in [-0.1, -0.05) is 44.0 Å². The van der Waals surface area contributed by atoms with Crippen LogP contribution in [0, 0.1) is 12.7 Å². The highest BCUT2D eigenvalue weighted by Gasteiger charge is 2.20. The lowest BCUT2D eigenvalue weighted by molar-refractivity contribution is 0.621. The van der Waals surface area contributed by atoms with Crippen molar-refractivity contribution in [3.05, 3.63) is 89.3 Å². The molecule has 2 nitrogen and oxygen atoms in total. The zero-order chi connectivity index (χ0) is 18.5. The van der Waals surface area contributed by atoms with Crippen LogP contribution in [0.1, 0.15) is 49.1 Å². The van der Waals surface area contributed by atoms with Crippen LogP contribution in [0.25, 0.3) is 5.69 Å². The summed E-state index contributed by atoms with van der Waals surface area (Å²) in [7, 11) is 0. The van der Waals surface area contributed by atoms with E-state index in [0.29, 0.717) is 11.4 Å². The molecule has 1 aromatic heterocycles. The van der Waals surface area contributed by atoms with Crippen LogP contribution in [0.3, 0.4) is 0 Å². The van der Waals surface area contributed by atoms with E-state index < -0.39 is 0 Å². The molecule has 135 valence electrons. The molecule has 3 aromatic rings. The summed E-state index contributed by atoms with van der Waals surface area (Å²) >= 11 is 6.03. The Balaban J connectivity index is 2.07. The van der Waals surface area contributed by atoms with Gasteiger partial charge in [-0.05, 0) is 67.3 Å². The molecule has 0 aliphatic heterocycles. The van der Waals surface area contributed by atoms with Crippen LogP contribution in [-0.2, 0) is 6.42 Å². The Hall–Kier alpha value is -2.13. The lowest BCUT2D eigenvalue weighted by Crippen LogP contribution is -2.09. The summed E-state index contributed by atoms with van der Waals surface area (Å²) in [5.41, 5.74) is 3.94. The van der Waals surface area contributed by atoms with Gasteiger partial charge in [-0.25, -0.2) is 9.07 Å². The minimum atomic E-state index is -0.232. The van der Waals surface area contributed by atoms with E-state index in [0.717, 1.165) is 41.9 Å². The molecule has 0 aliphatic rings. The van der Waals surface area contributed by atoms with Crippen LogP contribution < -0.4 is 0 Å². The first kappa shape index (κ1) is 18.7. The highest BCUT2D eigenvalue weighted by Crippen LogP contribution is 2.31. The van der Waals surface area contributed by atoms with Crippen molar-refractivity contribution in [3.63, 3.8) is 0 Å². The number of hydrogen-bond acceptors (Lipinski definition) is 1. The average molecular weight is 370 g/mol. The summed E-state index contributed by atoms with van der Waals surface area (Å²) < 4.78 is 15.7. The molecule has 3 rings (SSSR count). The van der Waals surface area contributed by atoms with Gasteiger partial charge in [0.15, 0.2) is 0 Å². The van der Waals surface area contributed by atoms with E-state index in [9.17, 15) is 4.39 Å². The normalized spacial score (nSPS) is 12.3. The van der Waals surface area contributed by atoms with Gasteiger partial charge in [-0.15, -0.1) is 0 Å². The molecule has 1 radical (unpaired) electrons. The fourth-order valence-corrected chi connectivity index (χ4v) is 3.30. The topological polar surface area (TPSA) is 17.8 Å². The minimum Gasteiger partial charge on any atom is -0.237 e. The minimum absolute atomic E-state index is 0.0238. The molecular weight excluding hydrogens is 347 g/mol. The van der Waals surface area contributed by atoms with Crippen molar-refractivity contribution in [2.24, 2.45) is 0 Å².